The Hall–Kier alpha value is -2.64. The summed E-state index contributed by atoms with van der Waals surface area (Å²) in [6.45, 7) is 6.96. The molecule has 1 saturated heterocycles. The van der Waals surface area contributed by atoms with E-state index in [-0.39, 0.29) is 28.7 Å². The minimum Gasteiger partial charge on any atom is -0.466 e. The van der Waals surface area contributed by atoms with E-state index < -0.39 is 10.0 Å². The molecule has 3 atom stereocenters. The van der Waals surface area contributed by atoms with Crippen molar-refractivity contribution >= 4 is 26.9 Å². The average molecular weight is 469 g/mol. The van der Waals surface area contributed by atoms with E-state index in [1.165, 1.54) is 3.97 Å². The van der Waals surface area contributed by atoms with Crippen LogP contribution in [0, 0.1) is 18.8 Å². The summed E-state index contributed by atoms with van der Waals surface area (Å²) in [5, 5.41) is 0.896. The molecule has 176 valence electrons. The maximum absolute atomic E-state index is 13.6. The molecule has 6 nitrogen and oxygen atoms in total. The Morgan fingerprint density at radius 2 is 1.79 bits per heavy atom. The van der Waals surface area contributed by atoms with Gasteiger partial charge in [0.2, 0.25) is 0 Å². The fraction of sp³-hybridized carbons (Fsp3) is 0.423. The van der Waals surface area contributed by atoms with E-state index in [9.17, 15) is 13.2 Å². The molecule has 1 aromatic heterocycles. The molecule has 33 heavy (non-hydrogen) atoms. The van der Waals surface area contributed by atoms with Gasteiger partial charge in [0.25, 0.3) is 10.0 Å². The Morgan fingerprint density at radius 1 is 1.09 bits per heavy atom. The Labute approximate surface area is 196 Å². The van der Waals surface area contributed by atoms with E-state index in [1.54, 1.807) is 18.3 Å². The number of piperidine rings is 1. The van der Waals surface area contributed by atoms with Crippen LogP contribution in [0.4, 0.5) is 0 Å². The molecule has 4 rings (SSSR count). The number of para-hydroxylation sites is 1. The van der Waals surface area contributed by atoms with Crippen LogP contribution in [-0.4, -0.2) is 43.5 Å². The van der Waals surface area contributed by atoms with Crippen molar-refractivity contribution in [2.24, 2.45) is 11.8 Å². The molecule has 0 N–H and O–H groups in total. The standard InChI is InChI=1S/C26H32N2O4S/c1-5-20-22(26(29)32-6-2)15-16-27(4)25(20)23-17-28(24-10-8-7-9-21(23)24)33(30,31)19-13-11-18(3)12-14-19/h7-14,17,20,22,25H,5-6,15-16H2,1-4H3/t20-,22+,25-/m0/s1. The van der Waals surface area contributed by atoms with Gasteiger partial charge in [-0.25, -0.2) is 12.4 Å². The Balaban J connectivity index is 1.86. The zero-order valence-corrected chi connectivity index (χ0v) is 20.5. The molecule has 0 unspecified atom stereocenters. The van der Waals surface area contributed by atoms with Gasteiger partial charge >= 0.3 is 5.97 Å². The highest BCUT2D eigenvalue weighted by Gasteiger charge is 2.42. The molecule has 0 radical (unpaired) electrons. The molecule has 1 fully saturated rings. The van der Waals surface area contributed by atoms with Crippen LogP contribution in [-0.2, 0) is 19.6 Å². The maximum atomic E-state index is 13.6. The lowest BCUT2D eigenvalue weighted by Crippen LogP contribution is -2.44. The van der Waals surface area contributed by atoms with Crippen LogP contribution in [0.25, 0.3) is 10.9 Å². The molecule has 0 aliphatic carbocycles. The Bertz CT molecular complexity index is 1250. The molecule has 0 bridgehead atoms. The van der Waals surface area contributed by atoms with E-state index in [0.717, 1.165) is 35.9 Å². The van der Waals surface area contributed by atoms with Crippen LogP contribution in [0.15, 0.2) is 59.6 Å². The number of hydrogen-bond acceptors (Lipinski definition) is 5. The maximum Gasteiger partial charge on any atom is 0.309 e. The third kappa shape index (κ3) is 4.20. The number of hydrogen-bond donors (Lipinski definition) is 0. The number of ether oxygens (including phenoxy) is 1. The van der Waals surface area contributed by atoms with Crippen molar-refractivity contribution < 1.29 is 17.9 Å². The number of likely N-dealkylation sites (tertiary alicyclic amines) is 1. The molecule has 0 saturated carbocycles. The SMILES string of the molecule is CCOC(=O)[C@@H]1CCN(C)[C@H](c2cn(S(=O)(=O)c3ccc(C)cc3)c3ccccc23)[C@H]1CC. The number of carbonyl (C=O) groups is 1. The van der Waals surface area contributed by atoms with Crippen LogP contribution < -0.4 is 0 Å². The van der Waals surface area contributed by atoms with Crippen LogP contribution in [0.5, 0.6) is 0 Å². The lowest BCUT2D eigenvalue weighted by atomic mass is 9.75. The van der Waals surface area contributed by atoms with Gasteiger partial charge in [-0.3, -0.25) is 9.69 Å². The second-order valence-electron chi connectivity index (χ2n) is 8.86. The van der Waals surface area contributed by atoms with Gasteiger partial charge in [-0.15, -0.1) is 0 Å². The molecular formula is C26H32N2O4S. The first-order valence-electron chi connectivity index (χ1n) is 11.6. The topological polar surface area (TPSA) is 68.6 Å². The van der Waals surface area contributed by atoms with Crippen LogP contribution in [0.2, 0.25) is 0 Å². The zero-order chi connectivity index (χ0) is 23.8. The smallest absolute Gasteiger partial charge is 0.309 e. The van der Waals surface area contributed by atoms with Crippen molar-refractivity contribution in [1.82, 2.24) is 8.87 Å². The first-order chi connectivity index (χ1) is 15.8. The number of rotatable bonds is 6. The van der Waals surface area contributed by atoms with Crippen molar-refractivity contribution in [1.29, 1.82) is 0 Å². The number of aryl methyl sites for hydroxylation is 1. The molecule has 3 aromatic rings. The van der Waals surface area contributed by atoms with Crippen molar-refractivity contribution in [3.8, 4) is 0 Å². The third-order valence-corrected chi connectivity index (χ3v) is 8.54. The molecule has 7 heteroatoms. The number of carbonyl (C=O) groups excluding carboxylic acids is 1. The minimum atomic E-state index is -3.77. The van der Waals surface area contributed by atoms with E-state index >= 15 is 0 Å². The van der Waals surface area contributed by atoms with Crippen molar-refractivity contribution in [2.45, 2.75) is 44.6 Å². The number of nitrogens with zero attached hydrogens (tertiary/aromatic N) is 2. The van der Waals surface area contributed by atoms with Gasteiger partial charge < -0.3 is 4.74 Å². The second-order valence-corrected chi connectivity index (χ2v) is 10.7. The van der Waals surface area contributed by atoms with Gasteiger partial charge in [-0.2, -0.15) is 0 Å². The van der Waals surface area contributed by atoms with Crippen LogP contribution in [0.3, 0.4) is 0 Å². The van der Waals surface area contributed by atoms with E-state index in [2.05, 4.69) is 18.9 Å². The Morgan fingerprint density at radius 3 is 2.45 bits per heavy atom. The number of aromatic nitrogens is 1. The van der Waals surface area contributed by atoms with Gasteiger partial charge in [-0.05, 0) is 63.5 Å². The summed E-state index contributed by atoms with van der Waals surface area (Å²) in [4.78, 5) is 15.3. The summed E-state index contributed by atoms with van der Waals surface area (Å²) in [5.41, 5.74) is 2.59. The summed E-state index contributed by atoms with van der Waals surface area (Å²) in [6.07, 6.45) is 3.30. The lowest BCUT2D eigenvalue weighted by molar-refractivity contribution is -0.153. The molecule has 1 aliphatic heterocycles. The monoisotopic (exact) mass is 468 g/mol. The van der Waals surface area contributed by atoms with Gasteiger partial charge in [-0.1, -0.05) is 49.2 Å². The molecule has 0 spiro atoms. The largest absolute Gasteiger partial charge is 0.466 e. The number of benzene rings is 2. The number of fused-ring (bicyclic) bond motifs is 1. The second kappa shape index (κ2) is 9.31. The van der Waals surface area contributed by atoms with Gasteiger partial charge in [0.05, 0.1) is 22.9 Å². The highest BCUT2D eigenvalue weighted by Crippen LogP contribution is 2.44. The molecule has 2 aromatic carbocycles. The molecule has 2 heterocycles. The summed E-state index contributed by atoms with van der Waals surface area (Å²) in [5.74, 6) is -0.324. The quantitative estimate of drug-likeness (QED) is 0.488. The Kier molecular flexibility index (Phi) is 6.64. The average Bonchev–Trinajstić information content (AvgIpc) is 3.19. The van der Waals surface area contributed by atoms with Gasteiger partial charge in [0.1, 0.15) is 0 Å². The zero-order valence-electron chi connectivity index (χ0n) is 19.7. The van der Waals surface area contributed by atoms with Crippen LogP contribution >= 0.6 is 0 Å². The van der Waals surface area contributed by atoms with E-state index in [4.69, 9.17) is 4.74 Å². The predicted octanol–water partition coefficient (Wildman–Crippen LogP) is 4.77. The van der Waals surface area contributed by atoms with Crippen molar-refractivity contribution in [3.63, 3.8) is 0 Å². The predicted molar refractivity (Wildman–Crippen MR) is 130 cm³/mol. The summed E-state index contributed by atoms with van der Waals surface area (Å²) >= 11 is 0. The first kappa shape index (κ1) is 23.5. The summed E-state index contributed by atoms with van der Waals surface area (Å²) < 4.78 is 34.0. The van der Waals surface area contributed by atoms with Crippen molar-refractivity contribution in [2.75, 3.05) is 20.2 Å². The number of esters is 1. The van der Waals surface area contributed by atoms with E-state index in [1.807, 2.05) is 50.2 Å². The molecular weight excluding hydrogens is 436 g/mol. The normalized spacial score (nSPS) is 21.9. The van der Waals surface area contributed by atoms with Gasteiger partial charge in [0, 0.05) is 17.6 Å². The van der Waals surface area contributed by atoms with E-state index in [0.29, 0.717) is 12.1 Å². The first-order valence-corrected chi connectivity index (χ1v) is 13.0. The highest BCUT2D eigenvalue weighted by atomic mass is 32.2. The molecule has 1 aliphatic rings. The fourth-order valence-corrected chi connectivity index (χ4v) is 6.57. The fourth-order valence-electron chi connectivity index (χ4n) is 5.19. The van der Waals surface area contributed by atoms with Gasteiger partial charge in [0.15, 0.2) is 0 Å². The highest BCUT2D eigenvalue weighted by molar-refractivity contribution is 7.90. The lowest BCUT2D eigenvalue weighted by Gasteiger charge is -2.42. The molecule has 0 amide bonds. The summed E-state index contributed by atoms with van der Waals surface area (Å²) in [6, 6.07) is 14.4. The third-order valence-electron chi connectivity index (χ3n) is 6.86. The minimum absolute atomic E-state index is 0.0316. The van der Waals surface area contributed by atoms with Crippen molar-refractivity contribution in [3.05, 3.63) is 65.9 Å². The summed E-state index contributed by atoms with van der Waals surface area (Å²) in [7, 11) is -1.72. The van der Waals surface area contributed by atoms with Crippen LogP contribution in [0.1, 0.15) is 43.9 Å².